The highest BCUT2D eigenvalue weighted by molar-refractivity contribution is 5.83. The van der Waals surface area contributed by atoms with Gasteiger partial charge in [-0.1, -0.05) is 6.07 Å². The fourth-order valence-electron chi connectivity index (χ4n) is 0.762. The summed E-state index contributed by atoms with van der Waals surface area (Å²) in [4.78, 5) is 23.3. The van der Waals surface area contributed by atoms with Crippen LogP contribution in [0.4, 0.5) is 0 Å². The Balaban J connectivity index is 0.000000327. The van der Waals surface area contributed by atoms with Crippen molar-refractivity contribution in [3.8, 4) is 0 Å². The molecule has 1 aromatic heterocycles. The zero-order valence-corrected chi connectivity index (χ0v) is 9.17. The van der Waals surface area contributed by atoms with Crippen molar-refractivity contribution in [2.75, 3.05) is 0 Å². The van der Waals surface area contributed by atoms with E-state index in [-0.39, 0.29) is 6.61 Å². The fourth-order valence-corrected chi connectivity index (χ4v) is 0.762. The summed E-state index contributed by atoms with van der Waals surface area (Å²) in [6, 6.07) is 3.62. The molecule has 0 aliphatic carbocycles. The maximum atomic E-state index is 9.77. The highest BCUT2D eigenvalue weighted by Crippen LogP contribution is 1.93. The van der Waals surface area contributed by atoms with Gasteiger partial charge in [-0.3, -0.25) is 4.98 Å². The first-order valence-corrected chi connectivity index (χ1v) is 4.71. The summed E-state index contributed by atoms with van der Waals surface area (Å²) in [5, 5.41) is 41.0. The Morgan fingerprint density at radius 3 is 1.89 bits per heavy atom. The largest absolute Gasteiger partial charge is 0.479 e. The van der Waals surface area contributed by atoms with Crippen LogP contribution in [0.3, 0.4) is 0 Å². The molecular formula is C10H13NO7. The number of nitrogens with zero attached hydrogens (tertiary/aromatic N) is 1. The Hall–Kier alpha value is -2.03. The molecule has 0 aliphatic heterocycles. The number of aliphatic carboxylic acids is 2. The summed E-state index contributed by atoms with van der Waals surface area (Å²) in [6.45, 7) is 0.0772. The molecule has 0 unspecified atom stereocenters. The second kappa shape index (κ2) is 8.12. The number of hydrogen-bond donors (Lipinski definition) is 5. The fraction of sp³-hybridized carbons (Fsp3) is 0.300. The molecule has 0 fully saturated rings. The van der Waals surface area contributed by atoms with Gasteiger partial charge in [0.25, 0.3) is 0 Å². The van der Waals surface area contributed by atoms with E-state index in [1.807, 2.05) is 6.07 Å². The van der Waals surface area contributed by atoms with E-state index in [2.05, 4.69) is 4.98 Å². The van der Waals surface area contributed by atoms with E-state index in [4.69, 9.17) is 25.5 Å². The number of carbonyl (C=O) groups is 2. The Morgan fingerprint density at radius 1 is 1.17 bits per heavy atom. The van der Waals surface area contributed by atoms with Gasteiger partial charge < -0.3 is 25.5 Å². The van der Waals surface area contributed by atoms with Gasteiger partial charge in [0.1, 0.15) is 0 Å². The normalized spacial score (nSPS) is 12.8. The second-order valence-electron chi connectivity index (χ2n) is 3.09. The predicted molar refractivity (Wildman–Crippen MR) is 57.4 cm³/mol. The minimum Gasteiger partial charge on any atom is -0.479 e. The van der Waals surface area contributed by atoms with Crippen LogP contribution in [0.5, 0.6) is 0 Å². The van der Waals surface area contributed by atoms with Crippen LogP contribution in [0.25, 0.3) is 0 Å². The molecule has 0 aromatic carbocycles. The van der Waals surface area contributed by atoms with Crippen LogP contribution in [0.2, 0.25) is 0 Å². The first-order valence-electron chi connectivity index (χ1n) is 4.71. The highest BCUT2D eigenvalue weighted by Gasteiger charge is 2.29. The molecule has 0 bridgehead atoms. The summed E-state index contributed by atoms with van der Waals surface area (Å²) in [7, 11) is 0. The first kappa shape index (κ1) is 16.0. The molecule has 5 N–H and O–H groups in total. The molecule has 1 heterocycles. The van der Waals surface area contributed by atoms with Crippen LogP contribution in [-0.2, 0) is 16.2 Å². The molecule has 8 heteroatoms. The summed E-state index contributed by atoms with van der Waals surface area (Å²) in [5.41, 5.74) is 0.854. The summed E-state index contributed by atoms with van der Waals surface area (Å²) < 4.78 is 0. The van der Waals surface area contributed by atoms with Gasteiger partial charge in [0, 0.05) is 12.4 Å². The van der Waals surface area contributed by atoms with Crippen molar-refractivity contribution >= 4 is 11.9 Å². The van der Waals surface area contributed by atoms with Crippen molar-refractivity contribution in [3.63, 3.8) is 0 Å². The van der Waals surface area contributed by atoms with Gasteiger partial charge in [-0.05, 0) is 11.6 Å². The smallest absolute Gasteiger partial charge is 0.335 e. The SMILES string of the molecule is O=C(O)[C@H](O)[C@@H](O)C(=O)O.OCc1cccnc1. The minimum atomic E-state index is -2.27. The maximum Gasteiger partial charge on any atom is 0.335 e. The first-order chi connectivity index (χ1) is 8.40. The lowest BCUT2D eigenvalue weighted by Gasteiger charge is -2.07. The van der Waals surface area contributed by atoms with Crippen molar-refractivity contribution < 1.29 is 35.1 Å². The molecule has 1 aromatic rings. The number of aliphatic hydroxyl groups is 3. The lowest BCUT2D eigenvalue weighted by Crippen LogP contribution is -2.39. The van der Waals surface area contributed by atoms with Crippen molar-refractivity contribution in [3.05, 3.63) is 30.1 Å². The van der Waals surface area contributed by atoms with E-state index in [9.17, 15) is 9.59 Å². The van der Waals surface area contributed by atoms with Crippen molar-refractivity contribution in [2.24, 2.45) is 0 Å². The van der Waals surface area contributed by atoms with E-state index in [1.165, 1.54) is 0 Å². The topological polar surface area (TPSA) is 148 Å². The molecule has 0 radical (unpaired) electrons. The number of aromatic nitrogens is 1. The Labute approximate surface area is 102 Å². The quantitative estimate of drug-likeness (QED) is 0.436. The number of carboxylic acids is 2. The van der Waals surface area contributed by atoms with Crippen LogP contribution in [0.15, 0.2) is 24.5 Å². The van der Waals surface area contributed by atoms with Crippen molar-refractivity contribution in [1.82, 2.24) is 4.98 Å². The molecule has 0 amide bonds. The third kappa shape index (κ3) is 5.89. The zero-order chi connectivity index (χ0) is 14.1. The number of pyridine rings is 1. The molecule has 1 rings (SSSR count). The van der Waals surface area contributed by atoms with Gasteiger partial charge in [-0.25, -0.2) is 9.59 Å². The average molecular weight is 259 g/mol. The van der Waals surface area contributed by atoms with E-state index in [0.29, 0.717) is 0 Å². The van der Waals surface area contributed by atoms with Gasteiger partial charge >= 0.3 is 11.9 Å². The summed E-state index contributed by atoms with van der Waals surface area (Å²) >= 11 is 0. The lowest BCUT2D eigenvalue weighted by atomic mass is 10.2. The number of rotatable bonds is 4. The lowest BCUT2D eigenvalue weighted by molar-refractivity contribution is -0.165. The maximum absolute atomic E-state index is 9.77. The van der Waals surface area contributed by atoms with Crippen LogP contribution < -0.4 is 0 Å². The molecule has 8 nitrogen and oxygen atoms in total. The molecular weight excluding hydrogens is 246 g/mol. The van der Waals surface area contributed by atoms with Gasteiger partial charge in [0.2, 0.25) is 0 Å². The molecule has 0 aliphatic rings. The van der Waals surface area contributed by atoms with Gasteiger partial charge in [-0.2, -0.15) is 0 Å². The third-order valence-corrected chi connectivity index (χ3v) is 1.71. The number of hydrogen-bond acceptors (Lipinski definition) is 6. The molecule has 2 atom stereocenters. The molecule has 0 saturated carbocycles. The summed E-state index contributed by atoms with van der Waals surface area (Å²) in [6.07, 6.45) is -1.21. The molecule has 0 saturated heterocycles. The van der Waals surface area contributed by atoms with Crippen LogP contribution >= 0.6 is 0 Å². The predicted octanol–water partition coefficient (Wildman–Crippen LogP) is -1.55. The minimum absolute atomic E-state index is 0.0772. The van der Waals surface area contributed by atoms with Crippen LogP contribution in [0.1, 0.15) is 5.56 Å². The summed E-state index contributed by atoms with van der Waals surface area (Å²) in [5.74, 6) is -3.54. The number of carboxylic acid groups (broad SMARTS) is 2. The van der Waals surface area contributed by atoms with E-state index >= 15 is 0 Å². The Morgan fingerprint density at radius 2 is 1.67 bits per heavy atom. The molecule has 18 heavy (non-hydrogen) atoms. The Kier molecular flexibility index (Phi) is 7.20. The molecule has 100 valence electrons. The van der Waals surface area contributed by atoms with E-state index in [1.54, 1.807) is 18.5 Å². The van der Waals surface area contributed by atoms with Crippen LogP contribution in [-0.4, -0.2) is 54.7 Å². The monoisotopic (exact) mass is 259 g/mol. The van der Waals surface area contributed by atoms with Gasteiger partial charge in [-0.15, -0.1) is 0 Å². The van der Waals surface area contributed by atoms with Crippen LogP contribution in [0, 0.1) is 0 Å². The van der Waals surface area contributed by atoms with Gasteiger partial charge in [0.15, 0.2) is 12.2 Å². The third-order valence-electron chi connectivity index (χ3n) is 1.71. The van der Waals surface area contributed by atoms with E-state index < -0.39 is 24.1 Å². The average Bonchev–Trinajstić information content (AvgIpc) is 2.38. The standard InChI is InChI=1S/C6H7NO.C4H6O6/c8-5-6-2-1-3-7-4-6;5-1(3(7)8)2(6)4(9)10/h1-4,8H,5H2;1-2,5-6H,(H,7,8)(H,9,10)/t;1-,2-/m.1/s1. The highest BCUT2D eigenvalue weighted by atomic mass is 16.4. The van der Waals surface area contributed by atoms with Gasteiger partial charge in [0.05, 0.1) is 6.61 Å². The molecule has 0 spiro atoms. The number of aliphatic hydroxyl groups excluding tert-OH is 3. The second-order valence-corrected chi connectivity index (χ2v) is 3.09. The Bertz CT molecular complexity index is 363. The van der Waals surface area contributed by atoms with Crippen molar-refractivity contribution in [1.29, 1.82) is 0 Å². The van der Waals surface area contributed by atoms with Crippen molar-refractivity contribution in [2.45, 2.75) is 18.8 Å². The van der Waals surface area contributed by atoms with E-state index in [0.717, 1.165) is 5.56 Å². The zero-order valence-electron chi connectivity index (χ0n) is 9.17.